The molecule has 0 aliphatic carbocycles. The van der Waals surface area contributed by atoms with Gasteiger partial charge in [0.05, 0.1) is 0 Å². The highest BCUT2D eigenvalue weighted by Crippen LogP contribution is 2.29. The minimum absolute atomic E-state index is 0.170. The smallest absolute Gasteiger partial charge is 0.340 e. The number of halogens is 3. The van der Waals surface area contributed by atoms with Crippen LogP contribution >= 0.6 is 0 Å². The van der Waals surface area contributed by atoms with E-state index < -0.39 is 11.9 Å². The molecule has 7 heteroatoms. The average Bonchev–Trinajstić information content (AvgIpc) is 2.77. The van der Waals surface area contributed by atoms with E-state index in [1.54, 1.807) is 4.90 Å². The second-order valence-electron chi connectivity index (χ2n) is 4.40. The van der Waals surface area contributed by atoms with Crippen molar-refractivity contribution in [3.63, 3.8) is 0 Å². The fourth-order valence-electron chi connectivity index (χ4n) is 2.13. The second-order valence-corrected chi connectivity index (χ2v) is 4.40. The van der Waals surface area contributed by atoms with Crippen LogP contribution in [0.4, 0.5) is 19.1 Å². The molecule has 1 saturated heterocycles. The van der Waals surface area contributed by atoms with Crippen LogP contribution in [0, 0.1) is 5.92 Å². The summed E-state index contributed by atoms with van der Waals surface area (Å²) in [4.78, 5) is 9.32. The van der Waals surface area contributed by atoms with Crippen molar-refractivity contribution < 1.29 is 13.2 Å². The van der Waals surface area contributed by atoms with Gasteiger partial charge in [-0.05, 0) is 32.0 Å². The summed E-state index contributed by atoms with van der Waals surface area (Å²) in [6.45, 7) is 2.26. The van der Waals surface area contributed by atoms with Crippen LogP contribution in [0.15, 0.2) is 12.3 Å². The minimum atomic E-state index is -4.41. The van der Waals surface area contributed by atoms with Crippen LogP contribution in [0.25, 0.3) is 0 Å². The molecule has 1 aliphatic heterocycles. The predicted molar refractivity (Wildman–Crippen MR) is 61.3 cm³/mol. The van der Waals surface area contributed by atoms with Gasteiger partial charge >= 0.3 is 6.18 Å². The van der Waals surface area contributed by atoms with E-state index in [0.717, 1.165) is 25.2 Å². The lowest BCUT2D eigenvalue weighted by molar-refractivity contribution is -0.141. The normalized spacial score (nSPS) is 20.4. The topological polar surface area (TPSA) is 41.0 Å². The van der Waals surface area contributed by atoms with Gasteiger partial charge in [-0.15, -0.1) is 0 Å². The third-order valence-electron chi connectivity index (χ3n) is 2.99. The van der Waals surface area contributed by atoms with Crippen LogP contribution in [0.1, 0.15) is 12.1 Å². The van der Waals surface area contributed by atoms with Crippen molar-refractivity contribution in [3.05, 3.63) is 18.0 Å². The van der Waals surface area contributed by atoms with Crippen molar-refractivity contribution in [2.45, 2.75) is 12.6 Å². The van der Waals surface area contributed by atoms with Gasteiger partial charge in [0.1, 0.15) is 5.69 Å². The van der Waals surface area contributed by atoms with E-state index in [1.165, 1.54) is 0 Å². The van der Waals surface area contributed by atoms with Gasteiger partial charge < -0.3 is 10.2 Å². The van der Waals surface area contributed by atoms with Crippen molar-refractivity contribution >= 4 is 5.95 Å². The molecule has 1 fully saturated rings. The first-order valence-corrected chi connectivity index (χ1v) is 5.80. The van der Waals surface area contributed by atoms with Crippen LogP contribution in [0.2, 0.25) is 0 Å². The summed E-state index contributed by atoms with van der Waals surface area (Å²) in [5.41, 5.74) is -0.885. The summed E-state index contributed by atoms with van der Waals surface area (Å²) >= 11 is 0. The number of aromatic nitrogens is 2. The van der Waals surface area contributed by atoms with Gasteiger partial charge in [0, 0.05) is 19.3 Å². The molecule has 4 nitrogen and oxygen atoms in total. The summed E-state index contributed by atoms with van der Waals surface area (Å²) in [6.07, 6.45) is -2.31. The zero-order chi connectivity index (χ0) is 13.2. The van der Waals surface area contributed by atoms with Crippen molar-refractivity contribution in [3.8, 4) is 0 Å². The number of alkyl halides is 3. The Balaban J connectivity index is 2.10. The largest absolute Gasteiger partial charge is 0.433 e. The quantitative estimate of drug-likeness (QED) is 0.895. The Morgan fingerprint density at radius 2 is 2.28 bits per heavy atom. The third kappa shape index (κ3) is 2.90. The first kappa shape index (κ1) is 13.1. The van der Waals surface area contributed by atoms with Gasteiger partial charge in [-0.3, -0.25) is 0 Å². The van der Waals surface area contributed by atoms with Crippen LogP contribution in [0.5, 0.6) is 0 Å². The summed E-state index contributed by atoms with van der Waals surface area (Å²) in [5.74, 6) is 0.608. The zero-order valence-electron chi connectivity index (χ0n) is 10.0. The molecule has 1 aromatic rings. The van der Waals surface area contributed by atoms with Crippen molar-refractivity contribution in [2.75, 3.05) is 31.6 Å². The highest BCUT2D eigenvalue weighted by atomic mass is 19.4. The molecule has 100 valence electrons. The third-order valence-corrected chi connectivity index (χ3v) is 2.99. The molecule has 1 aliphatic rings. The number of anilines is 1. The van der Waals surface area contributed by atoms with Crippen LogP contribution in [-0.2, 0) is 6.18 Å². The highest BCUT2D eigenvalue weighted by molar-refractivity contribution is 5.32. The molecule has 2 rings (SSSR count). The molecule has 0 aromatic carbocycles. The van der Waals surface area contributed by atoms with E-state index >= 15 is 0 Å². The van der Waals surface area contributed by atoms with E-state index in [2.05, 4.69) is 15.3 Å². The van der Waals surface area contributed by atoms with Crippen LogP contribution < -0.4 is 10.2 Å². The molecule has 0 bridgehead atoms. The van der Waals surface area contributed by atoms with E-state index in [9.17, 15) is 13.2 Å². The standard InChI is InChI=1S/C11H15F3N4/c1-15-6-8-3-5-18(7-8)10-16-4-2-9(17-10)11(12,13)14/h2,4,8,15H,3,5-7H2,1H3. The molecule has 1 aromatic heterocycles. The van der Waals surface area contributed by atoms with E-state index in [4.69, 9.17) is 0 Å². The summed E-state index contributed by atoms with van der Waals surface area (Å²) in [5, 5.41) is 3.07. The van der Waals surface area contributed by atoms with Gasteiger partial charge in [0.25, 0.3) is 0 Å². The zero-order valence-corrected chi connectivity index (χ0v) is 10.0. The molecule has 18 heavy (non-hydrogen) atoms. The molecule has 0 saturated carbocycles. The van der Waals surface area contributed by atoms with Gasteiger partial charge in [-0.1, -0.05) is 0 Å². The first-order chi connectivity index (χ1) is 8.50. The molecule has 0 spiro atoms. The Morgan fingerprint density at radius 3 is 2.94 bits per heavy atom. The molecular formula is C11H15F3N4. The Morgan fingerprint density at radius 1 is 1.50 bits per heavy atom. The Labute approximate surface area is 103 Å². The summed E-state index contributed by atoms with van der Waals surface area (Å²) < 4.78 is 37.6. The fraction of sp³-hybridized carbons (Fsp3) is 0.636. The maximum absolute atomic E-state index is 12.5. The lowest BCUT2D eigenvalue weighted by Gasteiger charge is -2.17. The monoisotopic (exact) mass is 260 g/mol. The Hall–Kier alpha value is -1.37. The molecule has 1 atom stereocenters. The molecule has 0 radical (unpaired) electrons. The molecule has 1 unspecified atom stereocenters. The van der Waals surface area contributed by atoms with Gasteiger partial charge in [-0.25, -0.2) is 9.97 Å². The lowest BCUT2D eigenvalue weighted by Crippen LogP contribution is -2.26. The van der Waals surface area contributed by atoms with Crippen LogP contribution in [0.3, 0.4) is 0 Å². The lowest BCUT2D eigenvalue weighted by atomic mass is 10.1. The number of hydrogen-bond donors (Lipinski definition) is 1. The van der Waals surface area contributed by atoms with E-state index in [0.29, 0.717) is 19.0 Å². The number of rotatable bonds is 3. The highest BCUT2D eigenvalue weighted by Gasteiger charge is 2.34. The van der Waals surface area contributed by atoms with Crippen molar-refractivity contribution in [2.24, 2.45) is 5.92 Å². The molecule has 1 N–H and O–H groups in total. The number of nitrogens with one attached hydrogen (secondary N) is 1. The van der Waals surface area contributed by atoms with Crippen LogP contribution in [-0.4, -0.2) is 36.6 Å². The SMILES string of the molecule is CNCC1CCN(c2nccc(C(F)(F)F)n2)C1. The minimum Gasteiger partial charge on any atom is -0.340 e. The predicted octanol–water partition coefficient (Wildman–Crippen LogP) is 1.54. The molecular weight excluding hydrogens is 245 g/mol. The average molecular weight is 260 g/mol. The Bertz CT molecular complexity index is 408. The van der Waals surface area contributed by atoms with Gasteiger partial charge in [0.2, 0.25) is 5.95 Å². The molecule has 0 amide bonds. The maximum atomic E-state index is 12.5. The molecule has 2 heterocycles. The van der Waals surface area contributed by atoms with Crippen molar-refractivity contribution in [1.29, 1.82) is 0 Å². The van der Waals surface area contributed by atoms with E-state index in [-0.39, 0.29) is 5.95 Å². The summed E-state index contributed by atoms with van der Waals surface area (Å²) in [7, 11) is 1.86. The second kappa shape index (κ2) is 5.09. The van der Waals surface area contributed by atoms with Gasteiger partial charge in [0.15, 0.2) is 0 Å². The first-order valence-electron chi connectivity index (χ1n) is 5.80. The number of hydrogen-bond acceptors (Lipinski definition) is 4. The van der Waals surface area contributed by atoms with E-state index in [1.807, 2.05) is 7.05 Å². The summed E-state index contributed by atoms with van der Waals surface area (Å²) in [6, 6.07) is 0.894. The van der Waals surface area contributed by atoms with Crippen molar-refractivity contribution in [1.82, 2.24) is 15.3 Å². The number of nitrogens with zero attached hydrogens (tertiary/aromatic N) is 3. The van der Waals surface area contributed by atoms with Gasteiger partial charge in [-0.2, -0.15) is 13.2 Å². The fourth-order valence-corrected chi connectivity index (χ4v) is 2.13. The Kier molecular flexibility index (Phi) is 3.70. The maximum Gasteiger partial charge on any atom is 0.433 e.